The van der Waals surface area contributed by atoms with Crippen LogP contribution in [-0.4, -0.2) is 51.0 Å². The van der Waals surface area contributed by atoms with E-state index in [1.165, 1.54) is 22.3 Å². The zero-order chi connectivity index (χ0) is 29.1. The molecule has 4 heterocycles. The van der Waals surface area contributed by atoms with Gasteiger partial charge in [-0.1, -0.05) is 23.9 Å². The second-order valence-electron chi connectivity index (χ2n) is 9.57. The maximum Gasteiger partial charge on any atom is 0.282 e. The standard InChI is InChI=1S/C27H26F5N5O3S/c1-2-10-39-21-5-3-4-16(28)24(21)22-12-17(35-40-22)19-14-41-27(33-19)15-6-8-36(9-7-15)23(38)13-37-20(26(31)32)11-18(34-37)25(29)30/h2-5,11,14-15,22,25-26H,1,6-10,12-13H2/t22-/m1/s1. The fourth-order valence-electron chi connectivity index (χ4n) is 4.86. The number of thiazole rings is 1. The number of aromatic nitrogens is 3. The fraction of sp³-hybridized carbons (Fsp3) is 0.407. The van der Waals surface area contributed by atoms with Gasteiger partial charge in [0.05, 0.1) is 16.3 Å². The van der Waals surface area contributed by atoms with E-state index in [1.54, 1.807) is 18.2 Å². The maximum absolute atomic E-state index is 14.7. The van der Waals surface area contributed by atoms with E-state index in [1.807, 2.05) is 5.38 Å². The summed E-state index contributed by atoms with van der Waals surface area (Å²) in [5.74, 6) is -0.504. The number of amides is 1. The smallest absolute Gasteiger partial charge is 0.282 e. The molecule has 1 fully saturated rings. The number of hydrogen-bond donors (Lipinski definition) is 0. The van der Waals surface area contributed by atoms with Crippen LogP contribution in [0.15, 0.2) is 47.5 Å². The Morgan fingerprint density at radius 1 is 1.22 bits per heavy atom. The van der Waals surface area contributed by atoms with E-state index in [9.17, 15) is 26.7 Å². The van der Waals surface area contributed by atoms with Crippen molar-refractivity contribution in [1.82, 2.24) is 19.7 Å². The fourth-order valence-corrected chi connectivity index (χ4v) is 5.86. The quantitative estimate of drug-likeness (QED) is 0.206. The average Bonchev–Trinajstić information content (AvgIpc) is 3.72. The van der Waals surface area contributed by atoms with Gasteiger partial charge in [-0.05, 0) is 31.0 Å². The Balaban J connectivity index is 1.18. The molecule has 1 amide bonds. The lowest BCUT2D eigenvalue weighted by molar-refractivity contribution is -0.133. The van der Waals surface area contributed by atoms with E-state index in [0.29, 0.717) is 60.3 Å². The molecule has 0 spiro atoms. The first kappa shape index (κ1) is 28.7. The summed E-state index contributed by atoms with van der Waals surface area (Å²) < 4.78 is 73.3. The summed E-state index contributed by atoms with van der Waals surface area (Å²) >= 11 is 1.45. The first-order chi connectivity index (χ1) is 19.7. The third-order valence-corrected chi connectivity index (χ3v) is 7.94. The van der Waals surface area contributed by atoms with E-state index >= 15 is 0 Å². The minimum atomic E-state index is -3.03. The largest absolute Gasteiger partial charge is 0.489 e. The van der Waals surface area contributed by atoms with Crippen LogP contribution in [-0.2, 0) is 16.2 Å². The van der Waals surface area contributed by atoms with Gasteiger partial charge < -0.3 is 14.5 Å². The number of oxime groups is 1. The second kappa shape index (κ2) is 12.4. The van der Waals surface area contributed by atoms with Crippen LogP contribution in [0, 0.1) is 5.82 Å². The molecule has 0 N–H and O–H groups in total. The molecule has 2 aliphatic rings. The molecule has 1 atom stereocenters. The van der Waals surface area contributed by atoms with E-state index in [0.717, 1.165) is 5.01 Å². The highest BCUT2D eigenvalue weighted by molar-refractivity contribution is 7.10. The SMILES string of the molecule is C=CCOc1cccc(F)c1[C@H]1CC(c2csc(C3CCN(C(=O)Cn4nc(C(F)F)cc4C(F)F)CC3)n2)=NO1. The molecule has 0 radical (unpaired) electrons. The Morgan fingerprint density at radius 3 is 2.71 bits per heavy atom. The molecule has 2 aromatic heterocycles. The van der Waals surface area contributed by atoms with Gasteiger partial charge in [0.1, 0.15) is 41.8 Å². The number of piperidine rings is 1. The number of likely N-dealkylation sites (tertiary alicyclic amines) is 1. The van der Waals surface area contributed by atoms with Crippen molar-refractivity contribution < 1.29 is 36.3 Å². The van der Waals surface area contributed by atoms with Gasteiger partial charge in [-0.2, -0.15) is 5.10 Å². The van der Waals surface area contributed by atoms with Crippen LogP contribution in [0.1, 0.15) is 71.8 Å². The molecule has 3 aromatic rings. The van der Waals surface area contributed by atoms with E-state index < -0.39 is 48.6 Å². The summed E-state index contributed by atoms with van der Waals surface area (Å²) in [6.07, 6.45) is -3.65. The average molecular weight is 596 g/mol. The number of hydrogen-bond acceptors (Lipinski definition) is 7. The number of carbonyl (C=O) groups is 1. The van der Waals surface area contributed by atoms with Crippen molar-refractivity contribution in [3.05, 3.63) is 75.8 Å². The van der Waals surface area contributed by atoms with Crippen LogP contribution in [0.25, 0.3) is 0 Å². The summed E-state index contributed by atoms with van der Waals surface area (Å²) in [6, 6.07) is 5.18. The molecule has 41 heavy (non-hydrogen) atoms. The highest BCUT2D eigenvalue weighted by Gasteiger charge is 2.32. The predicted octanol–water partition coefficient (Wildman–Crippen LogP) is 6.19. The third-order valence-electron chi connectivity index (χ3n) is 6.94. The van der Waals surface area contributed by atoms with Crippen LogP contribution < -0.4 is 4.74 Å². The molecule has 14 heteroatoms. The number of alkyl halides is 4. The lowest BCUT2D eigenvalue weighted by atomic mass is 9.97. The normalized spacial score (nSPS) is 17.7. The van der Waals surface area contributed by atoms with Crippen LogP contribution >= 0.6 is 11.3 Å². The summed E-state index contributed by atoms with van der Waals surface area (Å²) in [5, 5.41) is 10.4. The maximum atomic E-state index is 14.7. The molecule has 1 saturated heterocycles. The van der Waals surface area contributed by atoms with Gasteiger partial charge in [-0.15, -0.1) is 11.3 Å². The molecule has 0 saturated carbocycles. The van der Waals surface area contributed by atoms with Gasteiger partial charge in [0.15, 0.2) is 6.10 Å². The van der Waals surface area contributed by atoms with Gasteiger partial charge in [0.2, 0.25) is 5.91 Å². The third kappa shape index (κ3) is 6.26. The second-order valence-corrected chi connectivity index (χ2v) is 10.5. The number of ether oxygens (including phenoxy) is 1. The number of halogens is 5. The Bertz CT molecular complexity index is 1430. The first-order valence-electron chi connectivity index (χ1n) is 12.9. The van der Waals surface area contributed by atoms with Crippen LogP contribution in [0.2, 0.25) is 0 Å². The van der Waals surface area contributed by atoms with Crippen molar-refractivity contribution in [3.8, 4) is 5.75 Å². The first-order valence-corrected chi connectivity index (χ1v) is 13.7. The van der Waals surface area contributed by atoms with E-state index in [2.05, 4.69) is 16.8 Å². The van der Waals surface area contributed by atoms with Crippen molar-refractivity contribution >= 4 is 23.0 Å². The van der Waals surface area contributed by atoms with Gasteiger partial charge in [0, 0.05) is 30.8 Å². The number of rotatable bonds is 10. The molecule has 5 rings (SSSR count). The Kier molecular flexibility index (Phi) is 8.66. The molecule has 0 bridgehead atoms. The molecule has 1 aromatic carbocycles. The molecule has 0 unspecified atom stereocenters. The zero-order valence-electron chi connectivity index (χ0n) is 21.7. The van der Waals surface area contributed by atoms with Crippen LogP contribution in [0.3, 0.4) is 0 Å². The minimum Gasteiger partial charge on any atom is -0.489 e. The molecule has 0 aliphatic carbocycles. The lowest BCUT2D eigenvalue weighted by Gasteiger charge is -2.31. The highest BCUT2D eigenvalue weighted by atomic mass is 32.1. The van der Waals surface area contributed by atoms with E-state index in [4.69, 9.17) is 14.6 Å². The lowest BCUT2D eigenvalue weighted by Crippen LogP contribution is -2.40. The molecular weight excluding hydrogens is 569 g/mol. The van der Waals surface area contributed by atoms with Crippen molar-refractivity contribution in [1.29, 1.82) is 0 Å². The van der Waals surface area contributed by atoms with Crippen molar-refractivity contribution in [2.75, 3.05) is 19.7 Å². The van der Waals surface area contributed by atoms with Crippen molar-refractivity contribution in [3.63, 3.8) is 0 Å². The molecule has 8 nitrogen and oxygen atoms in total. The molecule has 218 valence electrons. The summed E-state index contributed by atoms with van der Waals surface area (Å²) in [5.41, 5.74) is -0.00762. The van der Waals surface area contributed by atoms with Crippen molar-refractivity contribution in [2.24, 2.45) is 5.16 Å². The predicted molar refractivity (Wildman–Crippen MR) is 140 cm³/mol. The van der Waals surface area contributed by atoms with Gasteiger partial charge in [0.25, 0.3) is 12.9 Å². The van der Waals surface area contributed by atoms with Gasteiger partial charge in [-0.25, -0.2) is 26.9 Å². The van der Waals surface area contributed by atoms with Crippen LogP contribution in [0.5, 0.6) is 5.75 Å². The summed E-state index contributed by atoms with van der Waals surface area (Å²) in [6.45, 7) is 4.01. The molecular formula is C27H26F5N5O3S. The Hall–Kier alpha value is -3.81. The Labute approximate surface area is 236 Å². The van der Waals surface area contributed by atoms with E-state index in [-0.39, 0.29) is 18.1 Å². The number of carbonyl (C=O) groups excluding carboxylic acids is 1. The van der Waals surface area contributed by atoms with Crippen LogP contribution in [0.4, 0.5) is 22.0 Å². The van der Waals surface area contributed by atoms with Crippen molar-refractivity contribution in [2.45, 2.75) is 50.7 Å². The van der Waals surface area contributed by atoms with Gasteiger partial charge >= 0.3 is 0 Å². The topological polar surface area (TPSA) is 81.8 Å². The number of benzene rings is 1. The summed E-state index contributed by atoms with van der Waals surface area (Å²) in [4.78, 5) is 24.5. The Morgan fingerprint density at radius 2 is 2.00 bits per heavy atom. The zero-order valence-corrected chi connectivity index (χ0v) is 22.5. The number of nitrogens with zero attached hydrogens (tertiary/aromatic N) is 5. The minimum absolute atomic E-state index is 0.0637. The summed E-state index contributed by atoms with van der Waals surface area (Å²) in [7, 11) is 0. The molecule has 2 aliphatic heterocycles. The highest BCUT2D eigenvalue weighted by Crippen LogP contribution is 2.38. The monoisotopic (exact) mass is 595 g/mol. The van der Waals surface area contributed by atoms with Gasteiger partial charge in [-0.3, -0.25) is 9.48 Å².